The van der Waals surface area contributed by atoms with Crippen molar-refractivity contribution in [1.29, 1.82) is 0 Å². The smallest absolute Gasteiger partial charge is 0.0891 e. The van der Waals surface area contributed by atoms with Crippen molar-refractivity contribution >= 4 is 5.69 Å². The van der Waals surface area contributed by atoms with Gasteiger partial charge >= 0.3 is 0 Å². The van der Waals surface area contributed by atoms with Crippen molar-refractivity contribution in [2.45, 2.75) is 47.1 Å². The third kappa shape index (κ3) is 4.35. The second kappa shape index (κ2) is 6.60. The van der Waals surface area contributed by atoms with Gasteiger partial charge in [0.2, 0.25) is 0 Å². The summed E-state index contributed by atoms with van der Waals surface area (Å²) >= 11 is 0. The summed E-state index contributed by atoms with van der Waals surface area (Å²) in [7, 11) is 0. The first-order valence-corrected chi connectivity index (χ1v) is 6.30. The quantitative estimate of drug-likeness (QED) is 0.771. The van der Waals surface area contributed by atoms with Gasteiger partial charge < -0.3 is 10.5 Å². The van der Waals surface area contributed by atoms with E-state index in [1.165, 1.54) is 6.42 Å². The average Bonchev–Trinajstić information content (AvgIpc) is 2.28. The minimum absolute atomic E-state index is 0.564. The van der Waals surface area contributed by atoms with Gasteiger partial charge in [-0.15, -0.1) is 0 Å². The molecule has 3 heteroatoms. The van der Waals surface area contributed by atoms with E-state index in [4.69, 9.17) is 10.5 Å². The Morgan fingerprint density at radius 3 is 2.71 bits per heavy atom. The first-order chi connectivity index (χ1) is 8.02. The predicted molar refractivity (Wildman–Crippen MR) is 71.9 cm³/mol. The number of rotatable bonds is 6. The van der Waals surface area contributed by atoms with E-state index in [1.54, 1.807) is 0 Å². The van der Waals surface area contributed by atoms with E-state index in [-0.39, 0.29) is 0 Å². The van der Waals surface area contributed by atoms with Crippen molar-refractivity contribution in [3.05, 3.63) is 23.0 Å². The lowest BCUT2D eigenvalue weighted by Gasteiger charge is -2.10. The summed E-state index contributed by atoms with van der Waals surface area (Å²) in [6.07, 6.45) is 4.13. The highest BCUT2D eigenvalue weighted by Gasteiger charge is 2.06. The zero-order valence-electron chi connectivity index (χ0n) is 11.4. The van der Waals surface area contributed by atoms with Crippen molar-refractivity contribution in [3.63, 3.8) is 0 Å². The second-order valence-electron chi connectivity index (χ2n) is 5.02. The van der Waals surface area contributed by atoms with Crippen LogP contribution in [0.4, 0.5) is 5.69 Å². The van der Waals surface area contributed by atoms with Gasteiger partial charge in [-0.2, -0.15) is 0 Å². The minimum Gasteiger partial charge on any atom is -0.398 e. The molecule has 2 N–H and O–H groups in total. The number of hydrogen-bond acceptors (Lipinski definition) is 3. The van der Waals surface area contributed by atoms with Crippen LogP contribution < -0.4 is 5.73 Å². The summed E-state index contributed by atoms with van der Waals surface area (Å²) < 4.78 is 5.63. The van der Waals surface area contributed by atoms with Crippen LogP contribution in [0.15, 0.2) is 6.20 Å². The molecular formula is C14H24N2O. The van der Waals surface area contributed by atoms with Crippen LogP contribution in [0.3, 0.4) is 0 Å². The molecule has 0 aliphatic heterocycles. The van der Waals surface area contributed by atoms with Crippen molar-refractivity contribution in [3.8, 4) is 0 Å². The summed E-state index contributed by atoms with van der Waals surface area (Å²) in [5.74, 6) is 0.744. The Balaban J connectivity index is 2.40. The molecule has 0 aliphatic carbocycles. The Morgan fingerprint density at radius 1 is 1.35 bits per heavy atom. The normalized spacial score (nSPS) is 11.1. The van der Waals surface area contributed by atoms with Crippen LogP contribution in [0, 0.1) is 19.8 Å². The first-order valence-electron chi connectivity index (χ1n) is 6.30. The summed E-state index contributed by atoms with van der Waals surface area (Å²) in [6.45, 7) is 9.80. The molecule has 0 fully saturated rings. The number of anilines is 1. The molecule has 0 spiro atoms. The molecule has 17 heavy (non-hydrogen) atoms. The molecule has 0 unspecified atom stereocenters. The van der Waals surface area contributed by atoms with Crippen LogP contribution in [-0.4, -0.2) is 11.6 Å². The maximum atomic E-state index is 5.96. The average molecular weight is 236 g/mol. The molecule has 0 atom stereocenters. The molecule has 1 rings (SSSR count). The third-order valence-electron chi connectivity index (χ3n) is 2.98. The third-order valence-corrected chi connectivity index (χ3v) is 2.98. The Morgan fingerprint density at radius 2 is 2.06 bits per heavy atom. The number of ether oxygens (including phenoxy) is 1. The van der Waals surface area contributed by atoms with Gasteiger partial charge in [-0.1, -0.05) is 13.8 Å². The molecule has 1 aromatic heterocycles. The fourth-order valence-electron chi connectivity index (χ4n) is 1.70. The van der Waals surface area contributed by atoms with Crippen LogP contribution in [0.5, 0.6) is 0 Å². The lowest BCUT2D eigenvalue weighted by Crippen LogP contribution is -2.04. The number of aromatic nitrogens is 1. The highest BCUT2D eigenvalue weighted by atomic mass is 16.5. The van der Waals surface area contributed by atoms with Crippen LogP contribution >= 0.6 is 0 Å². The molecule has 0 aliphatic rings. The number of aryl methyl sites for hydroxylation is 1. The highest BCUT2D eigenvalue weighted by Crippen LogP contribution is 2.18. The van der Waals surface area contributed by atoms with E-state index < -0.39 is 0 Å². The number of nitrogens with zero attached hydrogens (tertiary/aromatic N) is 1. The van der Waals surface area contributed by atoms with Crippen molar-refractivity contribution in [1.82, 2.24) is 4.98 Å². The maximum absolute atomic E-state index is 5.96. The summed E-state index contributed by atoms with van der Waals surface area (Å²) in [4.78, 5) is 4.37. The summed E-state index contributed by atoms with van der Waals surface area (Å²) in [5.41, 5.74) is 9.83. The molecule has 0 aromatic carbocycles. The van der Waals surface area contributed by atoms with Gasteiger partial charge in [-0.05, 0) is 43.7 Å². The lowest BCUT2D eigenvalue weighted by molar-refractivity contribution is 0.112. The summed E-state index contributed by atoms with van der Waals surface area (Å²) in [6, 6.07) is 0. The summed E-state index contributed by atoms with van der Waals surface area (Å²) in [5, 5.41) is 0. The van der Waals surface area contributed by atoms with Gasteiger partial charge in [0.1, 0.15) is 0 Å². The molecule has 0 saturated heterocycles. The Hall–Kier alpha value is -1.09. The fraction of sp³-hybridized carbons (Fsp3) is 0.643. The molecule has 0 saturated carbocycles. The predicted octanol–water partition coefficient (Wildman–Crippen LogP) is 3.23. The van der Waals surface area contributed by atoms with E-state index in [2.05, 4.69) is 18.8 Å². The van der Waals surface area contributed by atoms with Crippen molar-refractivity contribution in [2.75, 3.05) is 12.3 Å². The van der Waals surface area contributed by atoms with E-state index in [1.807, 2.05) is 20.0 Å². The Bertz CT molecular complexity index is 361. The van der Waals surface area contributed by atoms with Gasteiger partial charge in [-0.3, -0.25) is 4.98 Å². The topological polar surface area (TPSA) is 48.1 Å². The van der Waals surface area contributed by atoms with Gasteiger partial charge in [0.25, 0.3) is 0 Å². The molecule has 96 valence electrons. The van der Waals surface area contributed by atoms with Gasteiger partial charge in [-0.25, -0.2) is 0 Å². The SMILES string of the molecule is Cc1cnc(COCCCC(C)C)c(C)c1N. The maximum Gasteiger partial charge on any atom is 0.0891 e. The van der Waals surface area contributed by atoms with Crippen LogP contribution in [0.1, 0.15) is 43.5 Å². The largest absolute Gasteiger partial charge is 0.398 e. The number of nitrogens with two attached hydrogens (primary N) is 1. The monoisotopic (exact) mass is 236 g/mol. The molecular weight excluding hydrogens is 212 g/mol. The van der Waals surface area contributed by atoms with E-state index in [9.17, 15) is 0 Å². The zero-order chi connectivity index (χ0) is 12.8. The molecule has 1 heterocycles. The fourth-order valence-corrected chi connectivity index (χ4v) is 1.70. The van der Waals surface area contributed by atoms with Gasteiger partial charge in [0.05, 0.1) is 12.3 Å². The number of hydrogen-bond donors (Lipinski definition) is 1. The molecule has 1 aromatic rings. The second-order valence-corrected chi connectivity index (χ2v) is 5.02. The zero-order valence-corrected chi connectivity index (χ0v) is 11.4. The first kappa shape index (κ1) is 14.0. The van der Waals surface area contributed by atoms with Crippen LogP contribution in [0.2, 0.25) is 0 Å². The van der Waals surface area contributed by atoms with Crippen molar-refractivity contribution in [2.24, 2.45) is 5.92 Å². The minimum atomic E-state index is 0.564. The molecule has 0 bridgehead atoms. The van der Waals surface area contributed by atoms with Gasteiger partial charge in [0.15, 0.2) is 0 Å². The van der Waals surface area contributed by atoms with Crippen LogP contribution in [0.25, 0.3) is 0 Å². The van der Waals surface area contributed by atoms with E-state index in [0.29, 0.717) is 6.61 Å². The standard InChI is InChI=1S/C14H24N2O/c1-10(2)6-5-7-17-9-13-12(4)14(15)11(3)8-16-13/h8,10H,5-7,9H2,1-4H3,(H2,15,16). The Kier molecular flexibility index (Phi) is 5.42. The van der Waals surface area contributed by atoms with Gasteiger partial charge in [0, 0.05) is 18.5 Å². The highest BCUT2D eigenvalue weighted by molar-refractivity contribution is 5.53. The molecule has 3 nitrogen and oxygen atoms in total. The van der Waals surface area contributed by atoms with E-state index >= 15 is 0 Å². The number of nitrogen functional groups attached to an aromatic ring is 1. The van der Waals surface area contributed by atoms with Crippen LogP contribution in [-0.2, 0) is 11.3 Å². The molecule has 0 amide bonds. The Labute approximate surface area is 104 Å². The number of pyridine rings is 1. The van der Waals surface area contributed by atoms with Crippen molar-refractivity contribution < 1.29 is 4.74 Å². The van der Waals surface area contributed by atoms with E-state index in [0.717, 1.165) is 41.5 Å². The lowest BCUT2D eigenvalue weighted by atomic mass is 10.1. The molecule has 0 radical (unpaired) electrons.